The van der Waals surface area contributed by atoms with Gasteiger partial charge in [-0.05, 0) is 69.9 Å². The number of carbonyl (C=O) groups excluding carboxylic acids is 2. The smallest absolute Gasteiger partial charge is 0.430 e. The molecule has 5 rings (SSSR count). The van der Waals surface area contributed by atoms with Gasteiger partial charge in [-0.3, -0.25) is 4.90 Å². The van der Waals surface area contributed by atoms with Crippen molar-refractivity contribution in [3.8, 4) is 5.88 Å². The highest BCUT2D eigenvalue weighted by atomic mass is 32.2. The lowest BCUT2D eigenvalue weighted by atomic mass is 10.0. The van der Waals surface area contributed by atoms with Crippen LogP contribution in [0.5, 0.6) is 5.88 Å². The highest BCUT2D eigenvalue weighted by molar-refractivity contribution is 7.94. The molecule has 1 aliphatic heterocycles. The Bertz CT molecular complexity index is 1600. The van der Waals surface area contributed by atoms with Crippen LogP contribution in [0.1, 0.15) is 57.2 Å². The van der Waals surface area contributed by atoms with Crippen molar-refractivity contribution in [2.24, 2.45) is 0 Å². The molecule has 1 aliphatic carbocycles. The average molecular weight is 612 g/mol. The van der Waals surface area contributed by atoms with Crippen LogP contribution in [0.3, 0.4) is 0 Å². The summed E-state index contributed by atoms with van der Waals surface area (Å²) in [6.07, 6.45) is -0.881. The number of halogens is 1. The Kier molecular flexibility index (Phi) is 8.33. The second-order valence-corrected chi connectivity index (χ2v) is 13.7. The van der Waals surface area contributed by atoms with Crippen LogP contribution in [0.25, 0.3) is 0 Å². The number of amides is 2. The zero-order chi connectivity index (χ0) is 30.9. The number of hydrogen-bond donors (Lipinski definition) is 0. The minimum Gasteiger partial charge on any atom is -0.474 e. The van der Waals surface area contributed by atoms with Crippen LogP contribution in [0.2, 0.25) is 0 Å². The summed E-state index contributed by atoms with van der Waals surface area (Å²) in [7, 11) is -4.20. The molecular formula is C31H34FN3O7S. The summed E-state index contributed by atoms with van der Waals surface area (Å²) in [5.41, 5.74) is 0.982. The van der Waals surface area contributed by atoms with Gasteiger partial charge >= 0.3 is 12.2 Å². The van der Waals surface area contributed by atoms with E-state index in [1.165, 1.54) is 17.0 Å². The molecule has 0 radical (unpaired) electrons. The maximum absolute atomic E-state index is 13.7. The maximum atomic E-state index is 13.7. The van der Waals surface area contributed by atoms with Crippen molar-refractivity contribution in [1.82, 2.24) is 4.98 Å². The van der Waals surface area contributed by atoms with Crippen LogP contribution in [0.15, 0.2) is 60.7 Å². The summed E-state index contributed by atoms with van der Waals surface area (Å²) < 4.78 is 58.7. The molecule has 2 amide bonds. The van der Waals surface area contributed by atoms with Crippen molar-refractivity contribution in [3.63, 3.8) is 0 Å². The van der Waals surface area contributed by atoms with E-state index in [1.807, 2.05) is 30.3 Å². The molecule has 0 bridgehead atoms. The molecule has 0 saturated heterocycles. The third-order valence-electron chi connectivity index (χ3n) is 6.85. The fourth-order valence-corrected chi connectivity index (χ4v) is 6.31. The van der Waals surface area contributed by atoms with E-state index in [9.17, 15) is 22.4 Å². The first kappa shape index (κ1) is 30.3. The van der Waals surface area contributed by atoms with Gasteiger partial charge < -0.3 is 14.2 Å². The first-order valence-electron chi connectivity index (χ1n) is 14.0. The summed E-state index contributed by atoms with van der Waals surface area (Å²) in [5.74, 6) is -0.669. The SMILES string of the molecule is C[C@H]1COc2nc(N(C(=O)OC(C)(C)C)S(=O)(=O)C3CC3)c(Cc3ccc(F)cc3)cc2N1C(=O)OCc1ccccc1. The van der Waals surface area contributed by atoms with E-state index >= 15 is 0 Å². The maximum Gasteiger partial charge on any atom is 0.430 e. The second kappa shape index (κ2) is 11.8. The molecule has 0 spiro atoms. The summed E-state index contributed by atoms with van der Waals surface area (Å²) in [5, 5.41) is -0.762. The Morgan fingerprint density at radius 2 is 1.74 bits per heavy atom. The number of anilines is 2. The molecule has 1 saturated carbocycles. The van der Waals surface area contributed by atoms with Crippen LogP contribution in [0, 0.1) is 5.82 Å². The molecular weight excluding hydrogens is 577 g/mol. The topological polar surface area (TPSA) is 115 Å². The third kappa shape index (κ3) is 6.90. The molecule has 12 heteroatoms. The van der Waals surface area contributed by atoms with Crippen LogP contribution in [0.4, 0.5) is 25.5 Å². The number of pyridine rings is 1. The molecule has 10 nitrogen and oxygen atoms in total. The predicted octanol–water partition coefficient (Wildman–Crippen LogP) is 5.97. The van der Waals surface area contributed by atoms with E-state index < -0.39 is 44.9 Å². The fraction of sp³-hybridized carbons (Fsp3) is 0.387. The monoisotopic (exact) mass is 611 g/mol. The van der Waals surface area contributed by atoms with E-state index in [1.54, 1.807) is 45.9 Å². The molecule has 43 heavy (non-hydrogen) atoms. The van der Waals surface area contributed by atoms with Gasteiger partial charge in [-0.25, -0.2) is 22.4 Å². The van der Waals surface area contributed by atoms with Gasteiger partial charge in [0.25, 0.3) is 0 Å². The van der Waals surface area contributed by atoms with Crippen molar-refractivity contribution >= 4 is 33.7 Å². The van der Waals surface area contributed by atoms with Gasteiger partial charge in [0.2, 0.25) is 15.9 Å². The number of benzene rings is 2. The first-order chi connectivity index (χ1) is 20.3. The van der Waals surface area contributed by atoms with Crippen LogP contribution in [-0.4, -0.2) is 49.1 Å². The average Bonchev–Trinajstić information content (AvgIpc) is 3.80. The van der Waals surface area contributed by atoms with Gasteiger partial charge in [0.15, 0.2) is 5.82 Å². The van der Waals surface area contributed by atoms with Crippen molar-refractivity contribution in [1.29, 1.82) is 0 Å². The standard InChI is InChI=1S/C31H34FN3O7S/c1-20-18-40-28-26(34(20)29(36)41-19-22-8-6-5-7-9-22)17-23(16-21-10-12-24(32)13-11-21)27(33-28)35(30(37)42-31(2,3)4)43(38,39)25-14-15-25/h5-13,17,20,25H,14-16,18-19H2,1-4H3/t20-/m0/s1. The van der Waals surface area contributed by atoms with Gasteiger partial charge in [0.05, 0.1) is 11.3 Å². The van der Waals surface area contributed by atoms with E-state index in [0.29, 0.717) is 28.3 Å². The molecule has 1 aromatic heterocycles. The minimum absolute atomic E-state index is 0.0350. The Hall–Kier alpha value is -4.19. The molecule has 3 aromatic rings. The minimum atomic E-state index is -4.20. The molecule has 228 valence electrons. The Morgan fingerprint density at radius 3 is 2.37 bits per heavy atom. The molecule has 1 fully saturated rings. The number of nitrogens with zero attached hydrogens (tertiary/aromatic N) is 3. The Labute approximate surface area is 250 Å². The summed E-state index contributed by atoms with van der Waals surface area (Å²) in [6.45, 7) is 6.78. The zero-order valence-electron chi connectivity index (χ0n) is 24.4. The number of carbonyl (C=O) groups is 2. The number of fused-ring (bicyclic) bond motifs is 1. The highest BCUT2D eigenvalue weighted by Crippen LogP contribution is 2.41. The summed E-state index contributed by atoms with van der Waals surface area (Å²) in [6, 6.07) is 16.0. The molecule has 0 unspecified atom stereocenters. The summed E-state index contributed by atoms with van der Waals surface area (Å²) >= 11 is 0. The van der Waals surface area contributed by atoms with E-state index in [4.69, 9.17) is 14.2 Å². The third-order valence-corrected chi connectivity index (χ3v) is 8.99. The van der Waals surface area contributed by atoms with Crippen molar-refractivity contribution in [2.45, 2.75) is 70.5 Å². The molecule has 2 aliphatic rings. The number of hydrogen-bond acceptors (Lipinski definition) is 8. The second-order valence-electron chi connectivity index (χ2n) is 11.7. The van der Waals surface area contributed by atoms with E-state index in [-0.39, 0.29) is 37.0 Å². The Balaban J connectivity index is 1.60. The van der Waals surface area contributed by atoms with Crippen LogP contribution >= 0.6 is 0 Å². The Morgan fingerprint density at radius 1 is 1.07 bits per heavy atom. The fourth-order valence-electron chi connectivity index (χ4n) is 4.63. The van der Waals surface area contributed by atoms with Crippen LogP contribution < -0.4 is 13.9 Å². The van der Waals surface area contributed by atoms with Crippen molar-refractivity contribution < 1.29 is 36.6 Å². The normalized spacial score (nSPS) is 16.6. The molecule has 1 atom stereocenters. The lowest BCUT2D eigenvalue weighted by Crippen LogP contribution is -2.46. The van der Waals surface area contributed by atoms with Gasteiger partial charge in [0, 0.05) is 12.0 Å². The predicted molar refractivity (Wildman–Crippen MR) is 158 cm³/mol. The van der Waals surface area contributed by atoms with Gasteiger partial charge in [0.1, 0.15) is 30.3 Å². The number of rotatable bonds is 7. The zero-order valence-corrected chi connectivity index (χ0v) is 25.3. The number of ether oxygens (including phenoxy) is 3. The van der Waals surface area contributed by atoms with Crippen molar-refractivity contribution in [3.05, 3.63) is 83.2 Å². The first-order valence-corrected chi connectivity index (χ1v) is 15.5. The van der Waals surface area contributed by atoms with E-state index in [0.717, 1.165) is 5.56 Å². The largest absolute Gasteiger partial charge is 0.474 e. The summed E-state index contributed by atoms with van der Waals surface area (Å²) in [4.78, 5) is 32.8. The number of aromatic nitrogens is 1. The van der Waals surface area contributed by atoms with Gasteiger partial charge in [-0.1, -0.05) is 42.5 Å². The molecule has 2 aromatic carbocycles. The van der Waals surface area contributed by atoms with Gasteiger partial charge in [-0.2, -0.15) is 9.29 Å². The quantitative estimate of drug-likeness (QED) is 0.321. The van der Waals surface area contributed by atoms with Crippen molar-refractivity contribution in [2.75, 3.05) is 15.8 Å². The lowest BCUT2D eigenvalue weighted by Gasteiger charge is -2.35. The lowest BCUT2D eigenvalue weighted by molar-refractivity contribution is 0.0607. The number of sulfonamides is 1. The molecule has 0 N–H and O–H groups in total. The highest BCUT2D eigenvalue weighted by Gasteiger charge is 2.47. The van der Waals surface area contributed by atoms with Crippen LogP contribution in [-0.2, 0) is 32.5 Å². The van der Waals surface area contributed by atoms with E-state index in [2.05, 4.69) is 4.98 Å². The van der Waals surface area contributed by atoms with Gasteiger partial charge in [-0.15, -0.1) is 0 Å². The molecule has 2 heterocycles.